The van der Waals surface area contributed by atoms with Gasteiger partial charge in [-0.15, -0.1) is 0 Å². The maximum Gasteiger partial charge on any atom is 0.216 e. The fourth-order valence-corrected chi connectivity index (χ4v) is 0.530. The van der Waals surface area contributed by atoms with Crippen LogP contribution in [0, 0.1) is 5.92 Å². The second kappa shape index (κ2) is 4.91. The van der Waals surface area contributed by atoms with Crippen molar-refractivity contribution in [2.45, 2.75) is 27.7 Å². The molecule has 0 aliphatic rings. The first-order chi connectivity index (χ1) is 5.11. The van der Waals surface area contributed by atoms with Gasteiger partial charge in [-0.25, -0.2) is 4.99 Å². The average molecular weight is 156 g/mol. The molecule has 0 fully saturated rings. The summed E-state index contributed by atoms with van der Waals surface area (Å²) in [7, 11) is 0. The first kappa shape index (κ1) is 10.2. The van der Waals surface area contributed by atoms with Crippen LogP contribution in [0.2, 0.25) is 0 Å². The van der Waals surface area contributed by atoms with Gasteiger partial charge in [0.15, 0.2) is 0 Å². The van der Waals surface area contributed by atoms with Gasteiger partial charge in [0.2, 0.25) is 5.90 Å². The summed E-state index contributed by atoms with van der Waals surface area (Å²) in [5, 5.41) is 0. The lowest BCUT2D eigenvalue weighted by Crippen LogP contribution is -2.16. The number of aliphatic imine (C=N–C) groups is 1. The molecule has 0 aromatic heterocycles. The van der Waals surface area contributed by atoms with E-state index in [2.05, 4.69) is 9.83 Å². The molecule has 0 aromatic rings. The van der Waals surface area contributed by atoms with E-state index in [1.54, 1.807) is 0 Å². The molecule has 3 heteroatoms. The normalized spacial score (nSPS) is 14.0. The average Bonchev–Trinajstić information content (AvgIpc) is 1.99. The topological polar surface area (TPSA) is 47.6 Å². The highest BCUT2D eigenvalue weighted by molar-refractivity contribution is 5.78. The van der Waals surface area contributed by atoms with Crippen molar-refractivity contribution in [3.05, 3.63) is 11.8 Å². The summed E-state index contributed by atoms with van der Waals surface area (Å²) in [6.45, 7) is 7.79. The van der Waals surface area contributed by atoms with Crippen LogP contribution in [0.3, 0.4) is 0 Å². The van der Waals surface area contributed by atoms with Crippen molar-refractivity contribution in [3.63, 3.8) is 0 Å². The zero-order valence-corrected chi connectivity index (χ0v) is 7.59. The maximum atomic E-state index is 5.02. The van der Waals surface area contributed by atoms with Gasteiger partial charge >= 0.3 is 0 Å². The van der Waals surface area contributed by atoms with E-state index in [0.29, 0.717) is 5.90 Å². The molecule has 3 nitrogen and oxygen atoms in total. The number of rotatable bonds is 2. The fraction of sp³-hybridized carbons (Fsp3) is 0.625. The van der Waals surface area contributed by atoms with Crippen LogP contribution < -0.4 is 5.90 Å². The van der Waals surface area contributed by atoms with E-state index in [0.717, 1.165) is 5.70 Å². The number of nitrogens with zero attached hydrogens (tertiary/aromatic N) is 1. The summed E-state index contributed by atoms with van der Waals surface area (Å²) in [6.07, 6.45) is 1.90. The van der Waals surface area contributed by atoms with Crippen LogP contribution in [0.25, 0.3) is 0 Å². The van der Waals surface area contributed by atoms with Crippen molar-refractivity contribution in [2.75, 3.05) is 0 Å². The monoisotopic (exact) mass is 156 g/mol. The van der Waals surface area contributed by atoms with Crippen LogP contribution in [0.5, 0.6) is 0 Å². The van der Waals surface area contributed by atoms with Crippen molar-refractivity contribution in [3.8, 4) is 0 Å². The molecule has 0 aliphatic heterocycles. The largest absolute Gasteiger partial charge is 0.396 e. The second-order valence-corrected chi connectivity index (χ2v) is 2.65. The molecule has 0 aliphatic carbocycles. The first-order valence-corrected chi connectivity index (χ1v) is 3.70. The van der Waals surface area contributed by atoms with Crippen LogP contribution >= 0.6 is 0 Å². The number of allylic oxidation sites excluding steroid dienone is 2. The molecule has 0 spiro atoms. The molecule has 2 N–H and O–H groups in total. The van der Waals surface area contributed by atoms with Gasteiger partial charge in [-0.1, -0.05) is 19.9 Å². The number of nitrogens with two attached hydrogens (primary N) is 1. The number of hydrogen-bond donors (Lipinski definition) is 1. The predicted molar refractivity (Wildman–Crippen MR) is 47.0 cm³/mol. The second-order valence-electron chi connectivity index (χ2n) is 2.65. The smallest absolute Gasteiger partial charge is 0.216 e. The Morgan fingerprint density at radius 3 is 2.36 bits per heavy atom. The van der Waals surface area contributed by atoms with Gasteiger partial charge in [-0.2, -0.15) is 5.90 Å². The summed E-state index contributed by atoms with van der Waals surface area (Å²) < 4.78 is 0. The molecule has 0 aromatic carbocycles. The molecule has 0 heterocycles. The Bertz CT molecular complexity index is 171. The van der Waals surface area contributed by atoms with E-state index in [4.69, 9.17) is 5.90 Å². The summed E-state index contributed by atoms with van der Waals surface area (Å²) in [5.41, 5.74) is 0.916. The van der Waals surface area contributed by atoms with Crippen LogP contribution in [-0.4, -0.2) is 5.90 Å². The Kier molecular flexibility index (Phi) is 4.54. The minimum Gasteiger partial charge on any atom is -0.396 e. The lowest BCUT2D eigenvalue weighted by Gasteiger charge is -2.06. The molecule has 11 heavy (non-hydrogen) atoms. The van der Waals surface area contributed by atoms with E-state index >= 15 is 0 Å². The molecular weight excluding hydrogens is 140 g/mol. The van der Waals surface area contributed by atoms with Gasteiger partial charge in [0.05, 0.1) is 0 Å². The molecule has 0 saturated heterocycles. The van der Waals surface area contributed by atoms with Crippen molar-refractivity contribution in [1.29, 1.82) is 0 Å². The quantitative estimate of drug-likeness (QED) is 0.377. The van der Waals surface area contributed by atoms with Crippen LogP contribution in [-0.2, 0) is 4.84 Å². The SMILES string of the molecule is C/C=C(C)\N=C(/ON)C(C)C. The Morgan fingerprint density at radius 1 is 1.55 bits per heavy atom. The molecule has 0 bridgehead atoms. The van der Waals surface area contributed by atoms with Crippen LogP contribution in [0.1, 0.15) is 27.7 Å². The van der Waals surface area contributed by atoms with Gasteiger partial charge in [0.25, 0.3) is 0 Å². The summed E-state index contributed by atoms with van der Waals surface area (Å²) in [6, 6.07) is 0. The highest BCUT2D eigenvalue weighted by Crippen LogP contribution is 2.02. The van der Waals surface area contributed by atoms with Gasteiger partial charge in [0, 0.05) is 11.6 Å². The van der Waals surface area contributed by atoms with E-state index in [1.807, 2.05) is 33.8 Å². The third-order valence-corrected chi connectivity index (χ3v) is 1.32. The van der Waals surface area contributed by atoms with Crippen molar-refractivity contribution < 1.29 is 4.84 Å². The van der Waals surface area contributed by atoms with Gasteiger partial charge in [0.1, 0.15) is 0 Å². The van der Waals surface area contributed by atoms with Gasteiger partial charge in [-0.3, -0.25) is 0 Å². The molecule has 0 saturated carbocycles. The standard InChI is InChI=1S/C8H16N2O/c1-5-7(4)10-8(11-9)6(2)3/h5-6H,9H2,1-4H3/b7-5-,10-8-. The van der Waals surface area contributed by atoms with Gasteiger partial charge < -0.3 is 4.84 Å². The Hall–Kier alpha value is -0.830. The highest BCUT2D eigenvalue weighted by atomic mass is 16.6. The van der Waals surface area contributed by atoms with Crippen molar-refractivity contribution in [1.82, 2.24) is 0 Å². The number of hydrogen-bond acceptors (Lipinski definition) is 3. The Morgan fingerprint density at radius 2 is 2.09 bits per heavy atom. The molecule has 0 atom stereocenters. The zero-order valence-electron chi connectivity index (χ0n) is 7.59. The molecule has 0 radical (unpaired) electrons. The Balaban J connectivity index is 4.35. The summed E-state index contributed by atoms with van der Waals surface area (Å²) >= 11 is 0. The summed E-state index contributed by atoms with van der Waals surface area (Å²) in [5.74, 6) is 5.82. The van der Waals surface area contributed by atoms with Gasteiger partial charge in [-0.05, 0) is 13.8 Å². The minimum atomic E-state index is 0.231. The molecule has 0 rings (SSSR count). The minimum absolute atomic E-state index is 0.231. The van der Waals surface area contributed by atoms with Crippen LogP contribution in [0.15, 0.2) is 16.8 Å². The fourth-order valence-electron chi connectivity index (χ4n) is 0.530. The maximum absolute atomic E-state index is 5.02. The molecule has 64 valence electrons. The predicted octanol–water partition coefficient (Wildman–Crippen LogP) is 1.85. The zero-order chi connectivity index (χ0) is 8.85. The third kappa shape index (κ3) is 3.78. The van der Waals surface area contributed by atoms with E-state index in [9.17, 15) is 0 Å². The molecule has 0 unspecified atom stereocenters. The third-order valence-electron chi connectivity index (χ3n) is 1.32. The van der Waals surface area contributed by atoms with E-state index in [-0.39, 0.29) is 5.92 Å². The lowest BCUT2D eigenvalue weighted by molar-refractivity contribution is 0.299. The first-order valence-electron chi connectivity index (χ1n) is 3.70. The van der Waals surface area contributed by atoms with E-state index in [1.165, 1.54) is 0 Å². The van der Waals surface area contributed by atoms with Crippen molar-refractivity contribution in [2.24, 2.45) is 16.8 Å². The molecular formula is C8H16N2O. The van der Waals surface area contributed by atoms with Crippen LogP contribution in [0.4, 0.5) is 0 Å². The van der Waals surface area contributed by atoms with Crippen molar-refractivity contribution >= 4 is 5.90 Å². The highest BCUT2D eigenvalue weighted by Gasteiger charge is 2.04. The molecule has 0 amide bonds. The lowest BCUT2D eigenvalue weighted by atomic mass is 10.2. The van der Waals surface area contributed by atoms with E-state index < -0.39 is 0 Å². The Labute approximate surface area is 67.9 Å². The summed E-state index contributed by atoms with van der Waals surface area (Å²) in [4.78, 5) is 8.74.